The lowest BCUT2D eigenvalue weighted by Crippen LogP contribution is -2.26. The molecule has 0 aliphatic carbocycles. The van der Waals surface area contributed by atoms with Crippen LogP contribution in [-0.4, -0.2) is 31.0 Å². The molecule has 1 aromatic carbocycles. The van der Waals surface area contributed by atoms with Crippen molar-refractivity contribution in [2.75, 3.05) is 20.1 Å². The van der Waals surface area contributed by atoms with Gasteiger partial charge in [-0.3, -0.25) is 14.9 Å². The Hall–Kier alpha value is -1.66. The topological polar surface area (TPSA) is 84.3 Å². The maximum atomic E-state index is 11.8. The van der Waals surface area contributed by atoms with Gasteiger partial charge >= 0.3 is 0 Å². The van der Waals surface area contributed by atoms with Crippen molar-refractivity contribution in [1.82, 2.24) is 10.6 Å². The number of rotatable bonds is 7. The van der Waals surface area contributed by atoms with E-state index in [2.05, 4.69) is 10.6 Å². The smallest absolute Gasteiger partial charge is 0.273 e. The van der Waals surface area contributed by atoms with Gasteiger partial charge in [0.15, 0.2) is 0 Å². The number of nitro benzene ring substituents is 1. The van der Waals surface area contributed by atoms with Crippen molar-refractivity contribution in [3.05, 3.63) is 39.4 Å². The van der Waals surface area contributed by atoms with E-state index in [9.17, 15) is 14.9 Å². The van der Waals surface area contributed by atoms with E-state index < -0.39 is 4.92 Å². The maximum absolute atomic E-state index is 11.8. The molecule has 6 nitrogen and oxygen atoms in total. The number of benzene rings is 1. The fourth-order valence-electron chi connectivity index (χ4n) is 1.74. The largest absolute Gasteiger partial charge is 0.352 e. The van der Waals surface area contributed by atoms with Crippen LogP contribution < -0.4 is 10.6 Å². The molecule has 0 aromatic heterocycles. The lowest BCUT2D eigenvalue weighted by molar-refractivity contribution is -0.385. The molecular formula is C13H20ClN3O3. The highest BCUT2D eigenvalue weighted by molar-refractivity contribution is 5.94. The van der Waals surface area contributed by atoms with Crippen molar-refractivity contribution < 1.29 is 9.72 Å². The van der Waals surface area contributed by atoms with Crippen LogP contribution in [0.25, 0.3) is 0 Å². The second-order valence-electron chi connectivity index (χ2n) is 4.17. The van der Waals surface area contributed by atoms with Gasteiger partial charge in [0.05, 0.1) is 4.92 Å². The minimum Gasteiger partial charge on any atom is -0.352 e. The van der Waals surface area contributed by atoms with Crippen molar-refractivity contribution in [1.29, 1.82) is 0 Å². The van der Waals surface area contributed by atoms with E-state index in [0.717, 1.165) is 13.0 Å². The maximum Gasteiger partial charge on any atom is 0.273 e. The quantitative estimate of drug-likeness (QED) is 0.458. The predicted octanol–water partition coefficient (Wildman–Crippen LogP) is 1.92. The molecule has 0 bridgehead atoms. The summed E-state index contributed by atoms with van der Waals surface area (Å²) in [6, 6.07) is 4.60. The molecule has 0 radical (unpaired) electrons. The lowest BCUT2D eigenvalue weighted by atomic mass is 10.1. The van der Waals surface area contributed by atoms with Crippen LogP contribution >= 0.6 is 12.4 Å². The SMILES string of the molecule is CCc1ccc(C(=O)NCCCNC)cc1[N+](=O)[O-].Cl. The monoisotopic (exact) mass is 301 g/mol. The van der Waals surface area contributed by atoms with Crippen LogP contribution in [0, 0.1) is 10.1 Å². The average Bonchev–Trinajstić information content (AvgIpc) is 2.42. The minimum absolute atomic E-state index is 0. The summed E-state index contributed by atoms with van der Waals surface area (Å²) in [5.74, 6) is -0.276. The van der Waals surface area contributed by atoms with Crippen LogP contribution in [0.1, 0.15) is 29.3 Å². The number of carbonyl (C=O) groups is 1. The zero-order valence-electron chi connectivity index (χ0n) is 11.6. The zero-order valence-corrected chi connectivity index (χ0v) is 12.5. The van der Waals surface area contributed by atoms with E-state index in [0.29, 0.717) is 24.1 Å². The summed E-state index contributed by atoms with van der Waals surface area (Å²) in [5, 5.41) is 16.6. The van der Waals surface area contributed by atoms with Crippen LogP contribution in [-0.2, 0) is 6.42 Å². The molecule has 0 atom stereocenters. The predicted molar refractivity (Wildman–Crippen MR) is 80.6 cm³/mol. The fourth-order valence-corrected chi connectivity index (χ4v) is 1.74. The number of halogens is 1. The number of nitrogens with one attached hydrogen (secondary N) is 2. The van der Waals surface area contributed by atoms with Gasteiger partial charge in [-0.15, -0.1) is 12.4 Å². The van der Waals surface area contributed by atoms with Gasteiger partial charge < -0.3 is 10.6 Å². The van der Waals surface area contributed by atoms with Gasteiger partial charge in [0.25, 0.3) is 11.6 Å². The summed E-state index contributed by atoms with van der Waals surface area (Å²) in [5.41, 5.74) is 0.968. The second-order valence-corrected chi connectivity index (χ2v) is 4.17. The van der Waals surface area contributed by atoms with Crippen LogP contribution in [0.2, 0.25) is 0 Å². The molecule has 112 valence electrons. The highest BCUT2D eigenvalue weighted by atomic mass is 35.5. The molecule has 20 heavy (non-hydrogen) atoms. The van der Waals surface area contributed by atoms with E-state index in [1.54, 1.807) is 12.1 Å². The Morgan fingerprint density at radius 1 is 1.35 bits per heavy atom. The molecule has 7 heteroatoms. The molecule has 0 fully saturated rings. The Labute approximate surface area is 124 Å². The number of nitrogens with zero attached hydrogens (tertiary/aromatic N) is 1. The molecule has 0 aliphatic heterocycles. The zero-order chi connectivity index (χ0) is 14.3. The van der Waals surface area contributed by atoms with Gasteiger partial charge in [-0.25, -0.2) is 0 Å². The van der Waals surface area contributed by atoms with Gasteiger partial charge in [-0.1, -0.05) is 13.0 Å². The summed E-state index contributed by atoms with van der Waals surface area (Å²) >= 11 is 0. The number of amides is 1. The third kappa shape index (κ3) is 5.14. The van der Waals surface area contributed by atoms with E-state index in [-0.39, 0.29) is 24.0 Å². The first-order chi connectivity index (χ1) is 9.10. The summed E-state index contributed by atoms with van der Waals surface area (Å²) in [6.07, 6.45) is 1.39. The van der Waals surface area contributed by atoms with Crippen molar-refractivity contribution >= 4 is 24.0 Å². The Morgan fingerprint density at radius 2 is 2.05 bits per heavy atom. The molecule has 0 spiro atoms. The van der Waals surface area contributed by atoms with Gasteiger partial charge in [0.1, 0.15) is 0 Å². The molecule has 0 saturated heterocycles. The number of nitro groups is 1. The summed E-state index contributed by atoms with van der Waals surface area (Å²) in [6.45, 7) is 3.21. The first kappa shape index (κ1) is 18.3. The Kier molecular flexibility index (Phi) is 8.51. The Bertz CT molecular complexity index is 466. The van der Waals surface area contributed by atoms with Gasteiger partial charge in [0.2, 0.25) is 0 Å². The van der Waals surface area contributed by atoms with E-state index >= 15 is 0 Å². The first-order valence-electron chi connectivity index (χ1n) is 6.30. The van der Waals surface area contributed by atoms with Crippen molar-refractivity contribution in [2.24, 2.45) is 0 Å². The van der Waals surface area contributed by atoms with Gasteiger partial charge in [0, 0.05) is 23.7 Å². The second kappa shape index (κ2) is 9.28. The van der Waals surface area contributed by atoms with Crippen LogP contribution in [0.5, 0.6) is 0 Å². The summed E-state index contributed by atoms with van der Waals surface area (Å²) < 4.78 is 0. The van der Waals surface area contributed by atoms with Crippen LogP contribution in [0.4, 0.5) is 5.69 Å². The van der Waals surface area contributed by atoms with Gasteiger partial charge in [-0.2, -0.15) is 0 Å². The molecule has 0 unspecified atom stereocenters. The molecule has 1 rings (SSSR count). The first-order valence-corrected chi connectivity index (χ1v) is 6.30. The number of hydrogen-bond donors (Lipinski definition) is 2. The third-order valence-corrected chi connectivity index (χ3v) is 2.81. The fraction of sp³-hybridized carbons (Fsp3) is 0.462. The molecule has 1 amide bonds. The van der Waals surface area contributed by atoms with E-state index in [1.807, 2.05) is 14.0 Å². The standard InChI is InChI=1S/C13H19N3O3.ClH/c1-3-10-5-6-11(9-12(10)16(18)19)13(17)15-8-4-7-14-2;/h5-6,9,14H,3-4,7-8H2,1-2H3,(H,15,17);1H. The third-order valence-electron chi connectivity index (χ3n) is 2.81. The molecule has 0 saturated carbocycles. The van der Waals surface area contributed by atoms with Crippen LogP contribution in [0.3, 0.4) is 0 Å². The Morgan fingerprint density at radius 3 is 2.60 bits per heavy atom. The van der Waals surface area contributed by atoms with Crippen LogP contribution in [0.15, 0.2) is 18.2 Å². The minimum atomic E-state index is -0.448. The van der Waals surface area contributed by atoms with Crippen molar-refractivity contribution in [3.63, 3.8) is 0 Å². The molecular weight excluding hydrogens is 282 g/mol. The molecule has 0 heterocycles. The lowest BCUT2D eigenvalue weighted by Gasteiger charge is -2.06. The number of carbonyl (C=O) groups excluding carboxylic acids is 1. The highest BCUT2D eigenvalue weighted by Crippen LogP contribution is 2.20. The highest BCUT2D eigenvalue weighted by Gasteiger charge is 2.15. The normalized spacial score (nSPS) is 9.70. The Balaban J connectivity index is 0.00000361. The molecule has 1 aromatic rings. The van der Waals surface area contributed by atoms with E-state index in [4.69, 9.17) is 0 Å². The summed E-state index contributed by atoms with van der Waals surface area (Å²) in [4.78, 5) is 22.3. The van der Waals surface area contributed by atoms with E-state index in [1.165, 1.54) is 6.07 Å². The van der Waals surface area contributed by atoms with Crippen molar-refractivity contribution in [2.45, 2.75) is 19.8 Å². The van der Waals surface area contributed by atoms with Gasteiger partial charge in [-0.05, 0) is 32.5 Å². The number of aryl methyl sites for hydroxylation is 1. The van der Waals surface area contributed by atoms with Crippen molar-refractivity contribution in [3.8, 4) is 0 Å². The summed E-state index contributed by atoms with van der Waals surface area (Å²) in [7, 11) is 1.84. The average molecular weight is 302 g/mol. The molecule has 2 N–H and O–H groups in total. The number of hydrogen-bond acceptors (Lipinski definition) is 4. The molecule has 0 aliphatic rings.